The van der Waals surface area contributed by atoms with E-state index in [9.17, 15) is 24.3 Å². The lowest BCUT2D eigenvalue weighted by Gasteiger charge is -2.39. The van der Waals surface area contributed by atoms with E-state index in [2.05, 4.69) is 24.5 Å². The third-order valence-electron chi connectivity index (χ3n) is 6.70. The number of nitrogens with two attached hydrogens (primary N) is 1. The number of carbonyl (C=O) groups excluding carboxylic acids is 4. The van der Waals surface area contributed by atoms with Gasteiger partial charge in [-0.05, 0) is 89.1 Å². The van der Waals surface area contributed by atoms with E-state index in [1.54, 1.807) is 45.0 Å². The van der Waals surface area contributed by atoms with Gasteiger partial charge >= 0.3 is 6.09 Å². The Balaban J connectivity index is 2.63. The summed E-state index contributed by atoms with van der Waals surface area (Å²) in [6.07, 6.45) is 0.274. The van der Waals surface area contributed by atoms with Gasteiger partial charge < -0.3 is 31.1 Å². The zero-order valence-corrected chi connectivity index (χ0v) is 25.8. The van der Waals surface area contributed by atoms with Gasteiger partial charge in [-0.25, -0.2) is 4.79 Å². The SMILES string of the molecule is Cc1ccccc1NC(=O)C(c1ccc(O)cc1)N(C(=O)C(CCC(N)=O)NC(=O)OC(C)(C)C)C(C)CCC(C)C. The van der Waals surface area contributed by atoms with Crippen LogP contribution in [0.25, 0.3) is 0 Å². The first-order valence-corrected chi connectivity index (χ1v) is 14.3. The van der Waals surface area contributed by atoms with Gasteiger partial charge in [0.15, 0.2) is 0 Å². The van der Waals surface area contributed by atoms with Crippen LogP contribution >= 0.6 is 0 Å². The van der Waals surface area contributed by atoms with Gasteiger partial charge in [-0.2, -0.15) is 0 Å². The summed E-state index contributed by atoms with van der Waals surface area (Å²) >= 11 is 0. The number of aromatic hydroxyl groups is 1. The highest BCUT2D eigenvalue weighted by Gasteiger charge is 2.39. The van der Waals surface area contributed by atoms with Gasteiger partial charge in [0.25, 0.3) is 5.91 Å². The fourth-order valence-corrected chi connectivity index (χ4v) is 4.50. The van der Waals surface area contributed by atoms with Gasteiger partial charge in [0.1, 0.15) is 23.4 Å². The number of alkyl carbamates (subject to hydrolysis) is 1. The molecule has 0 heterocycles. The molecule has 0 fully saturated rings. The molecule has 2 aromatic carbocycles. The molecule has 0 radical (unpaired) electrons. The number of nitrogens with one attached hydrogen (secondary N) is 2. The molecule has 3 atom stereocenters. The van der Waals surface area contributed by atoms with Crippen LogP contribution < -0.4 is 16.4 Å². The molecular formula is C32H46N4O6. The van der Waals surface area contributed by atoms with Crippen LogP contribution in [0.2, 0.25) is 0 Å². The van der Waals surface area contributed by atoms with Crippen molar-refractivity contribution in [1.29, 1.82) is 0 Å². The normalized spacial score (nSPS) is 13.5. The summed E-state index contributed by atoms with van der Waals surface area (Å²) in [7, 11) is 0. The molecule has 10 nitrogen and oxygen atoms in total. The smallest absolute Gasteiger partial charge is 0.408 e. The van der Waals surface area contributed by atoms with Crippen LogP contribution in [0.3, 0.4) is 0 Å². The molecule has 0 saturated heterocycles. The number of benzene rings is 2. The van der Waals surface area contributed by atoms with E-state index >= 15 is 0 Å². The van der Waals surface area contributed by atoms with Gasteiger partial charge in [-0.15, -0.1) is 0 Å². The number of phenols is 1. The van der Waals surface area contributed by atoms with Crippen LogP contribution in [-0.4, -0.2) is 51.5 Å². The van der Waals surface area contributed by atoms with Crippen LogP contribution in [0, 0.1) is 12.8 Å². The number of hydrogen-bond acceptors (Lipinski definition) is 6. The molecule has 230 valence electrons. The largest absolute Gasteiger partial charge is 0.508 e. The minimum absolute atomic E-state index is 0.00784. The highest BCUT2D eigenvalue weighted by Crippen LogP contribution is 2.30. The third-order valence-corrected chi connectivity index (χ3v) is 6.70. The van der Waals surface area contributed by atoms with E-state index in [0.717, 1.165) is 12.0 Å². The molecule has 3 unspecified atom stereocenters. The van der Waals surface area contributed by atoms with Gasteiger partial charge in [0.2, 0.25) is 11.8 Å². The van der Waals surface area contributed by atoms with E-state index in [1.807, 2.05) is 26.0 Å². The van der Waals surface area contributed by atoms with E-state index in [-0.39, 0.29) is 18.6 Å². The number of aryl methyl sites for hydroxylation is 1. The van der Waals surface area contributed by atoms with Crippen molar-refractivity contribution in [3.8, 4) is 5.75 Å². The lowest BCUT2D eigenvalue weighted by Crippen LogP contribution is -2.55. The molecular weight excluding hydrogens is 536 g/mol. The lowest BCUT2D eigenvalue weighted by molar-refractivity contribution is -0.143. The summed E-state index contributed by atoms with van der Waals surface area (Å²) in [5, 5.41) is 15.5. The number of hydrogen-bond donors (Lipinski definition) is 4. The van der Waals surface area contributed by atoms with Crippen molar-refractivity contribution < 1.29 is 29.0 Å². The first kappa shape index (κ1) is 34.1. The molecule has 0 spiro atoms. The molecule has 2 aromatic rings. The van der Waals surface area contributed by atoms with Crippen molar-refractivity contribution in [3.63, 3.8) is 0 Å². The predicted octanol–water partition coefficient (Wildman–Crippen LogP) is 5.19. The number of phenolic OH excluding ortho intramolecular Hbond substituents is 1. The van der Waals surface area contributed by atoms with Gasteiger partial charge in [-0.1, -0.05) is 44.2 Å². The number of para-hydroxylation sites is 1. The predicted molar refractivity (Wildman–Crippen MR) is 163 cm³/mol. The maximum absolute atomic E-state index is 14.4. The zero-order valence-electron chi connectivity index (χ0n) is 25.8. The second kappa shape index (κ2) is 15.2. The van der Waals surface area contributed by atoms with Crippen LogP contribution in [0.1, 0.15) is 84.4 Å². The van der Waals surface area contributed by atoms with Crippen molar-refractivity contribution in [1.82, 2.24) is 10.2 Å². The van der Waals surface area contributed by atoms with Crippen LogP contribution in [0.4, 0.5) is 10.5 Å². The molecule has 42 heavy (non-hydrogen) atoms. The number of ether oxygens (including phenoxy) is 1. The molecule has 0 aromatic heterocycles. The first-order valence-electron chi connectivity index (χ1n) is 14.3. The minimum Gasteiger partial charge on any atom is -0.508 e. The monoisotopic (exact) mass is 582 g/mol. The van der Waals surface area contributed by atoms with Crippen molar-refractivity contribution >= 4 is 29.5 Å². The summed E-state index contributed by atoms with van der Waals surface area (Å²) < 4.78 is 5.40. The lowest BCUT2D eigenvalue weighted by atomic mass is 9.96. The maximum atomic E-state index is 14.4. The Hall–Kier alpha value is -4.08. The Labute approximate surface area is 249 Å². The molecule has 0 saturated carbocycles. The Bertz CT molecular complexity index is 1220. The molecule has 2 rings (SSSR count). The van der Waals surface area contributed by atoms with Crippen LogP contribution in [-0.2, 0) is 19.1 Å². The van der Waals surface area contributed by atoms with Crippen LogP contribution in [0.15, 0.2) is 48.5 Å². The summed E-state index contributed by atoms with van der Waals surface area (Å²) in [6.45, 7) is 13.0. The molecule has 0 aliphatic carbocycles. The summed E-state index contributed by atoms with van der Waals surface area (Å²) in [6, 6.07) is 10.6. The van der Waals surface area contributed by atoms with E-state index in [4.69, 9.17) is 10.5 Å². The number of primary amides is 1. The zero-order chi connectivity index (χ0) is 31.6. The summed E-state index contributed by atoms with van der Waals surface area (Å²) in [5.74, 6) is -1.32. The van der Waals surface area contributed by atoms with E-state index < -0.39 is 47.5 Å². The molecule has 0 aliphatic rings. The number of amides is 4. The summed E-state index contributed by atoms with van der Waals surface area (Å²) in [4.78, 5) is 54.5. The second-order valence-corrected chi connectivity index (χ2v) is 12.1. The molecule has 0 aliphatic heterocycles. The summed E-state index contributed by atoms with van der Waals surface area (Å²) in [5.41, 5.74) is 6.48. The molecule has 4 amide bonds. The van der Waals surface area contributed by atoms with E-state index in [1.165, 1.54) is 17.0 Å². The number of rotatable bonds is 13. The van der Waals surface area contributed by atoms with Gasteiger partial charge in [-0.3, -0.25) is 14.4 Å². The molecule has 10 heteroatoms. The highest BCUT2D eigenvalue weighted by molar-refractivity contribution is 5.99. The Morgan fingerprint density at radius 3 is 2.12 bits per heavy atom. The number of nitrogens with zero attached hydrogens (tertiary/aromatic N) is 1. The van der Waals surface area contributed by atoms with E-state index in [0.29, 0.717) is 23.6 Å². The topological polar surface area (TPSA) is 151 Å². The van der Waals surface area contributed by atoms with Gasteiger partial charge in [0.05, 0.1) is 0 Å². The molecule has 5 N–H and O–H groups in total. The Morgan fingerprint density at radius 2 is 1.57 bits per heavy atom. The Kier molecular flexibility index (Phi) is 12.4. The highest BCUT2D eigenvalue weighted by atomic mass is 16.6. The average Bonchev–Trinajstić information content (AvgIpc) is 2.88. The quantitative estimate of drug-likeness (QED) is 0.255. The van der Waals surface area contributed by atoms with Crippen molar-refractivity contribution in [2.45, 2.75) is 97.9 Å². The van der Waals surface area contributed by atoms with Crippen molar-refractivity contribution in [2.24, 2.45) is 11.7 Å². The van der Waals surface area contributed by atoms with Gasteiger partial charge in [0, 0.05) is 18.2 Å². The standard InChI is InChI=1S/C32H46N4O6/c1-20(2)12-13-22(4)36(30(40)26(18-19-27(33)38)35-31(41)42-32(5,6)7)28(23-14-16-24(37)17-15-23)29(39)34-25-11-9-8-10-21(25)3/h8-11,14-17,20,22,26,28,37H,12-13,18-19H2,1-7H3,(H2,33,38)(H,34,39)(H,35,41). The van der Waals surface area contributed by atoms with Crippen LogP contribution in [0.5, 0.6) is 5.75 Å². The Morgan fingerprint density at radius 1 is 0.952 bits per heavy atom. The average molecular weight is 583 g/mol. The second-order valence-electron chi connectivity index (χ2n) is 12.1. The molecule has 0 bridgehead atoms. The third kappa shape index (κ3) is 10.7. The minimum atomic E-state index is -1.19. The fourth-order valence-electron chi connectivity index (χ4n) is 4.50. The van der Waals surface area contributed by atoms with Crippen molar-refractivity contribution in [3.05, 3.63) is 59.7 Å². The fraction of sp³-hybridized carbons (Fsp3) is 0.500. The number of anilines is 1. The number of carbonyl (C=O) groups is 4. The maximum Gasteiger partial charge on any atom is 0.408 e. The first-order chi connectivity index (χ1) is 19.6. The van der Waals surface area contributed by atoms with Crippen molar-refractivity contribution in [2.75, 3.05) is 5.32 Å².